The Hall–Kier alpha value is -1.00. The van der Waals surface area contributed by atoms with Crippen LogP contribution in [0.15, 0.2) is 29.2 Å². The molecule has 0 spiro atoms. The zero-order chi connectivity index (χ0) is 12.0. The predicted octanol–water partition coefficient (Wildman–Crippen LogP) is 2.51. The molecular weight excluding hydrogens is 222 g/mol. The first kappa shape index (κ1) is 13.1. The molecule has 88 valence electrons. The van der Waals surface area contributed by atoms with E-state index in [1.54, 1.807) is 11.8 Å². The highest BCUT2D eigenvalue weighted by atomic mass is 32.2. The second-order valence-electron chi connectivity index (χ2n) is 3.58. The minimum atomic E-state index is -0.250. The fourth-order valence-corrected chi connectivity index (χ4v) is 2.10. The van der Waals surface area contributed by atoms with Crippen molar-refractivity contribution >= 4 is 23.4 Å². The smallest absolute Gasteiger partial charge is 0.221 e. The summed E-state index contributed by atoms with van der Waals surface area (Å²) in [5, 5.41) is 12.1. The van der Waals surface area contributed by atoms with Crippen LogP contribution >= 0.6 is 11.8 Å². The number of thioether (sulfide) groups is 1. The average Bonchev–Trinajstić information content (AvgIpc) is 2.27. The van der Waals surface area contributed by atoms with E-state index in [0.717, 1.165) is 17.0 Å². The highest BCUT2D eigenvalue weighted by molar-refractivity contribution is 7.99. The van der Waals surface area contributed by atoms with Gasteiger partial charge in [-0.25, -0.2) is 0 Å². The Morgan fingerprint density at radius 1 is 1.44 bits per heavy atom. The summed E-state index contributed by atoms with van der Waals surface area (Å²) in [5.41, 5.74) is 0.799. The van der Waals surface area contributed by atoms with Gasteiger partial charge in [0.25, 0.3) is 0 Å². The van der Waals surface area contributed by atoms with Crippen molar-refractivity contribution in [3.05, 3.63) is 24.3 Å². The van der Waals surface area contributed by atoms with Crippen LogP contribution in [0.4, 0.5) is 5.69 Å². The Morgan fingerprint density at radius 2 is 2.06 bits per heavy atom. The SMILES string of the molecule is CCC(O)CSc1ccc(NC(C)=O)cc1. The maximum absolute atomic E-state index is 10.8. The van der Waals surface area contributed by atoms with E-state index < -0.39 is 0 Å². The lowest BCUT2D eigenvalue weighted by molar-refractivity contribution is -0.114. The van der Waals surface area contributed by atoms with Crippen LogP contribution in [0.1, 0.15) is 20.3 Å². The minimum absolute atomic E-state index is 0.0678. The Kier molecular flexibility index (Phi) is 5.35. The van der Waals surface area contributed by atoms with Gasteiger partial charge in [0, 0.05) is 23.3 Å². The zero-order valence-corrected chi connectivity index (χ0v) is 10.4. The first-order valence-electron chi connectivity index (χ1n) is 5.30. The second kappa shape index (κ2) is 6.55. The van der Waals surface area contributed by atoms with Crippen molar-refractivity contribution in [1.29, 1.82) is 0 Å². The summed E-state index contributed by atoms with van der Waals surface area (Å²) >= 11 is 1.62. The lowest BCUT2D eigenvalue weighted by atomic mass is 10.3. The predicted molar refractivity (Wildman–Crippen MR) is 67.8 cm³/mol. The van der Waals surface area contributed by atoms with Crippen LogP contribution in [0, 0.1) is 0 Å². The van der Waals surface area contributed by atoms with Gasteiger partial charge in [0.15, 0.2) is 0 Å². The maximum Gasteiger partial charge on any atom is 0.221 e. The number of carbonyl (C=O) groups is 1. The van der Waals surface area contributed by atoms with Crippen molar-refractivity contribution < 1.29 is 9.90 Å². The lowest BCUT2D eigenvalue weighted by Gasteiger charge is -2.07. The van der Waals surface area contributed by atoms with Gasteiger partial charge in [-0.05, 0) is 30.7 Å². The maximum atomic E-state index is 10.8. The number of nitrogens with one attached hydrogen (secondary N) is 1. The topological polar surface area (TPSA) is 49.3 Å². The molecule has 1 rings (SSSR count). The molecule has 1 aromatic rings. The molecule has 0 aliphatic heterocycles. The molecule has 16 heavy (non-hydrogen) atoms. The quantitative estimate of drug-likeness (QED) is 0.776. The van der Waals surface area contributed by atoms with Crippen LogP contribution in [0.2, 0.25) is 0 Å². The summed E-state index contributed by atoms with van der Waals surface area (Å²) in [7, 11) is 0. The number of hydrogen-bond donors (Lipinski definition) is 2. The van der Waals surface area contributed by atoms with E-state index in [1.165, 1.54) is 6.92 Å². The van der Waals surface area contributed by atoms with Crippen molar-refractivity contribution in [1.82, 2.24) is 0 Å². The van der Waals surface area contributed by atoms with Gasteiger partial charge in [-0.1, -0.05) is 6.92 Å². The molecule has 0 saturated carbocycles. The Morgan fingerprint density at radius 3 is 2.56 bits per heavy atom. The zero-order valence-electron chi connectivity index (χ0n) is 9.56. The molecule has 0 bridgehead atoms. The van der Waals surface area contributed by atoms with Gasteiger partial charge in [-0.2, -0.15) is 0 Å². The van der Waals surface area contributed by atoms with Crippen LogP contribution in [0.5, 0.6) is 0 Å². The van der Waals surface area contributed by atoms with E-state index in [2.05, 4.69) is 5.32 Å². The van der Waals surface area contributed by atoms with Crippen LogP contribution in [-0.4, -0.2) is 22.9 Å². The van der Waals surface area contributed by atoms with Crippen molar-refractivity contribution in [2.75, 3.05) is 11.1 Å². The molecule has 0 aliphatic carbocycles. The summed E-state index contributed by atoms with van der Waals surface area (Å²) in [6, 6.07) is 7.61. The fourth-order valence-electron chi connectivity index (χ4n) is 1.15. The number of benzene rings is 1. The third kappa shape index (κ3) is 4.68. The van der Waals surface area contributed by atoms with Gasteiger partial charge in [0.1, 0.15) is 0 Å². The molecular formula is C12H17NO2S. The van der Waals surface area contributed by atoms with Crippen LogP contribution in [-0.2, 0) is 4.79 Å². The Labute approximate surface area is 100 Å². The van der Waals surface area contributed by atoms with Gasteiger partial charge < -0.3 is 10.4 Å². The standard InChI is InChI=1S/C12H17NO2S/c1-3-11(15)8-16-12-6-4-10(5-7-12)13-9(2)14/h4-7,11,15H,3,8H2,1-2H3,(H,13,14). The normalized spacial score (nSPS) is 12.2. The molecule has 3 nitrogen and oxygen atoms in total. The lowest BCUT2D eigenvalue weighted by Crippen LogP contribution is -2.07. The molecule has 1 aromatic carbocycles. The van der Waals surface area contributed by atoms with Gasteiger partial charge >= 0.3 is 0 Å². The van der Waals surface area contributed by atoms with Gasteiger partial charge in [0.2, 0.25) is 5.91 Å². The molecule has 0 heterocycles. The number of rotatable bonds is 5. The first-order valence-corrected chi connectivity index (χ1v) is 6.29. The molecule has 1 amide bonds. The van der Waals surface area contributed by atoms with Crippen LogP contribution < -0.4 is 5.32 Å². The monoisotopic (exact) mass is 239 g/mol. The molecule has 1 unspecified atom stereocenters. The fraction of sp³-hybridized carbons (Fsp3) is 0.417. The molecule has 2 N–H and O–H groups in total. The van der Waals surface area contributed by atoms with Gasteiger partial charge in [-0.3, -0.25) is 4.79 Å². The van der Waals surface area contributed by atoms with Gasteiger partial charge in [-0.15, -0.1) is 11.8 Å². The van der Waals surface area contributed by atoms with E-state index in [1.807, 2.05) is 31.2 Å². The second-order valence-corrected chi connectivity index (χ2v) is 4.67. The van der Waals surface area contributed by atoms with Gasteiger partial charge in [0.05, 0.1) is 6.10 Å². The molecule has 0 aliphatic rings. The molecule has 1 atom stereocenters. The molecule has 4 heteroatoms. The third-order valence-corrected chi connectivity index (χ3v) is 3.25. The summed E-state index contributed by atoms with van der Waals surface area (Å²) in [6.07, 6.45) is 0.525. The molecule has 0 radical (unpaired) electrons. The van der Waals surface area contributed by atoms with Crippen LogP contribution in [0.3, 0.4) is 0 Å². The number of amides is 1. The van der Waals surface area contributed by atoms with E-state index >= 15 is 0 Å². The average molecular weight is 239 g/mol. The largest absolute Gasteiger partial charge is 0.392 e. The number of hydrogen-bond acceptors (Lipinski definition) is 3. The van der Waals surface area contributed by atoms with Crippen molar-refractivity contribution in [3.63, 3.8) is 0 Å². The summed E-state index contributed by atoms with van der Waals surface area (Å²) in [6.45, 7) is 3.45. The van der Waals surface area contributed by atoms with Crippen molar-refractivity contribution in [2.45, 2.75) is 31.3 Å². The molecule has 0 aromatic heterocycles. The Bertz CT molecular complexity index is 337. The molecule has 0 fully saturated rings. The summed E-state index contributed by atoms with van der Waals surface area (Å²) < 4.78 is 0. The number of anilines is 1. The van der Waals surface area contributed by atoms with E-state index in [0.29, 0.717) is 5.75 Å². The highest BCUT2D eigenvalue weighted by Gasteiger charge is 2.02. The number of aliphatic hydroxyl groups excluding tert-OH is 1. The van der Waals surface area contributed by atoms with E-state index in [-0.39, 0.29) is 12.0 Å². The Balaban J connectivity index is 2.48. The van der Waals surface area contributed by atoms with Crippen molar-refractivity contribution in [2.24, 2.45) is 0 Å². The minimum Gasteiger partial charge on any atom is -0.392 e. The van der Waals surface area contributed by atoms with E-state index in [4.69, 9.17) is 0 Å². The summed E-state index contributed by atoms with van der Waals surface area (Å²) in [5.74, 6) is 0.637. The molecule has 0 saturated heterocycles. The summed E-state index contributed by atoms with van der Waals surface area (Å²) in [4.78, 5) is 11.9. The van der Waals surface area contributed by atoms with Crippen LogP contribution in [0.25, 0.3) is 0 Å². The number of carbonyl (C=O) groups excluding carboxylic acids is 1. The third-order valence-electron chi connectivity index (χ3n) is 2.09. The first-order chi connectivity index (χ1) is 7.61. The highest BCUT2D eigenvalue weighted by Crippen LogP contribution is 2.21. The number of aliphatic hydroxyl groups is 1. The van der Waals surface area contributed by atoms with Crippen molar-refractivity contribution in [3.8, 4) is 0 Å². The van der Waals surface area contributed by atoms with E-state index in [9.17, 15) is 9.90 Å².